The number of benzene rings is 3. The van der Waals surface area contributed by atoms with Crippen LogP contribution in [0.3, 0.4) is 0 Å². The molecule has 0 bridgehead atoms. The highest BCUT2D eigenvalue weighted by molar-refractivity contribution is 14.1. The Balaban J connectivity index is 1.89. The third-order valence-electron chi connectivity index (χ3n) is 6.46. The lowest BCUT2D eigenvalue weighted by Gasteiger charge is -2.36. The molecule has 1 heterocycles. The second-order valence-corrected chi connectivity index (χ2v) is 9.82. The second-order valence-electron chi connectivity index (χ2n) is 8.66. The van der Waals surface area contributed by atoms with Crippen LogP contribution in [0.25, 0.3) is 0 Å². The summed E-state index contributed by atoms with van der Waals surface area (Å²) < 4.78 is 6.42. The number of imide groups is 1. The lowest BCUT2D eigenvalue weighted by molar-refractivity contribution is -0.128. The van der Waals surface area contributed by atoms with Gasteiger partial charge in [-0.1, -0.05) is 85.5 Å². The van der Waals surface area contributed by atoms with E-state index >= 15 is 0 Å². The van der Waals surface area contributed by atoms with Crippen LogP contribution < -0.4 is 0 Å². The molecule has 1 aliphatic rings. The highest BCUT2D eigenvalue weighted by Crippen LogP contribution is 2.44. The molecular formula is C29H29IN2O3. The number of aryl methyl sites for hydroxylation is 1. The Kier molecular flexibility index (Phi) is 8.03. The van der Waals surface area contributed by atoms with Gasteiger partial charge in [0.2, 0.25) is 0 Å². The standard InChI is InChI=1S/C29H29IN2O3/c1-4-18-35-29(34)32-27(26-20(2)12-11-17-24(26)30)31(21(3)23-15-9-6-10-16-23)25(28(32)33)19-22-13-7-5-8-14-22/h4-17,21,25,27H,1,18-19H2,2-3H3/t21-,25+,27-/m1/s1. The van der Waals surface area contributed by atoms with Crippen molar-refractivity contribution >= 4 is 34.6 Å². The van der Waals surface area contributed by atoms with E-state index in [1.54, 1.807) is 0 Å². The summed E-state index contributed by atoms with van der Waals surface area (Å²) in [6, 6.07) is 25.4. The van der Waals surface area contributed by atoms with Crippen molar-refractivity contribution in [3.63, 3.8) is 0 Å². The maximum Gasteiger partial charge on any atom is 0.418 e. The normalized spacial score (nSPS) is 18.9. The Morgan fingerprint density at radius 1 is 1.06 bits per heavy atom. The molecule has 0 N–H and O–H groups in total. The number of carbonyl (C=O) groups is 2. The van der Waals surface area contributed by atoms with Crippen LogP contribution in [-0.2, 0) is 16.0 Å². The zero-order valence-electron chi connectivity index (χ0n) is 19.9. The number of rotatable bonds is 7. The molecule has 3 aromatic rings. The number of hydrogen-bond acceptors (Lipinski definition) is 4. The quantitative estimate of drug-likeness (QED) is 0.239. The molecule has 0 aliphatic carbocycles. The van der Waals surface area contributed by atoms with Crippen molar-refractivity contribution in [3.05, 3.63) is 117 Å². The van der Waals surface area contributed by atoms with Crippen LogP contribution in [0.1, 0.15) is 41.4 Å². The predicted octanol–water partition coefficient (Wildman–Crippen LogP) is 6.44. The lowest BCUT2D eigenvalue weighted by Crippen LogP contribution is -2.39. The number of hydrogen-bond donors (Lipinski definition) is 0. The summed E-state index contributed by atoms with van der Waals surface area (Å²) in [7, 11) is 0. The summed E-state index contributed by atoms with van der Waals surface area (Å²) in [4.78, 5) is 30.8. The van der Waals surface area contributed by atoms with Crippen LogP contribution in [0, 0.1) is 10.5 Å². The van der Waals surface area contributed by atoms with Crippen LogP contribution in [-0.4, -0.2) is 34.4 Å². The molecule has 5 nitrogen and oxygen atoms in total. The highest BCUT2D eigenvalue weighted by atomic mass is 127. The molecule has 1 fully saturated rings. The van der Waals surface area contributed by atoms with Crippen LogP contribution in [0.2, 0.25) is 0 Å². The first-order valence-electron chi connectivity index (χ1n) is 11.7. The molecule has 2 amide bonds. The van der Waals surface area contributed by atoms with Crippen molar-refractivity contribution < 1.29 is 14.3 Å². The molecule has 0 unspecified atom stereocenters. The van der Waals surface area contributed by atoms with Crippen LogP contribution in [0.15, 0.2) is 91.5 Å². The van der Waals surface area contributed by atoms with Gasteiger partial charge in [0.15, 0.2) is 0 Å². The van der Waals surface area contributed by atoms with Gasteiger partial charge in [-0.25, -0.2) is 9.69 Å². The third kappa shape index (κ3) is 5.18. The Morgan fingerprint density at radius 2 is 1.71 bits per heavy atom. The van der Waals surface area contributed by atoms with Gasteiger partial charge in [0.05, 0.1) is 6.04 Å². The smallest absolute Gasteiger partial charge is 0.418 e. The van der Waals surface area contributed by atoms with Crippen molar-refractivity contribution in [2.75, 3.05) is 6.61 Å². The van der Waals surface area contributed by atoms with Gasteiger partial charge in [-0.2, -0.15) is 0 Å². The number of nitrogens with zero attached hydrogens (tertiary/aromatic N) is 2. The first-order chi connectivity index (χ1) is 16.9. The topological polar surface area (TPSA) is 49.9 Å². The van der Waals surface area contributed by atoms with Crippen LogP contribution in [0.5, 0.6) is 0 Å². The van der Waals surface area contributed by atoms with E-state index in [1.807, 2.05) is 73.7 Å². The second kappa shape index (κ2) is 11.2. The van der Waals surface area contributed by atoms with Crippen LogP contribution in [0.4, 0.5) is 4.79 Å². The summed E-state index contributed by atoms with van der Waals surface area (Å²) in [6.45, 7) is 7.80. The molecule has 3 aromatic carbocycles. The Hall–Kier alpha value is -2.97. The van der Waals surface area contributed by atoms with Crippen molar-refractivity contribution in [2.45, 2.75) is 38.5 Å². The van der Waals surface area contributed by atoms with Crippen molar-refractivity contribution in [1.82, 2.24) is 9.80 Å². The van der Waals surface area contributed by atoms with Gasteiger partial charge in [0.1, 0.15) is 12.8 Å². The largest absolute Gasteiger partial charge is 0.445 e. The van der Waals surface area contributed by atoms with Gasteiger partial charge in [0, 0.05) is 15.2 Å². The number of halogens is 1. The van der Waals surface area contributed by atoms with Gasteiger partial charge in [0.25, 0.3) is 5.91 Å². The minimum Gasteiger partial charge on any atom is -0.445 e. The average molecular weight is 580 g/mol. The van der Waals surface area contributed by atoms with Gasteiger partial charge in [-0.15, -0.1) is 0 Å². The fourth-order valence-electron chi connectivity index (χ4n) is 4.77. The van der Waals surface area contributed by atoms with Gasteiger partial charge >= 0.3 is 6.09 Å². The van der Waals surface area contributed by atoms with Gasteiger partial charge in [-0.3, -0.25) is 9.69 Å². The van der Waals surface area contributed by atoms with E-state index in [0.29, 0.717) is 6.42 Å². The number of amides is 2. The summed E-state index contributed by atoms with van der Waals surface area (Å²) in [5.41, 5.74) is 4.07. The van der Waals surface area contributed by atoms with E-state index in [9.17, 15) is 9.59 Å². The summed E-state index contributed by atoms with van der Waals surface area (Å²) in [5, 5.41) is 0. The molecular weight excluding hydrogens is 551 g/mol. The zero-order valence-corrected chi connectivity index (χ0v) is 22.1. The maximum atomic E-state index is 14.0. The maximum absolute atomic E-state index is 14.0. The first-order valence-corrected chi connectivity index (χ1v) is 12.7. The van der Waals surface area contributed by atoms with Crippen molar-refractivity contribution in [1.29, 1.82) is 0 Å². The monoisotopic (exact) mass is 580 g/mol. The minimum atomic E-state index is -0.653. The van der Waals surface area contributed by atoms with E-state index in [2.05, 4.69) is 53.1 Å². The molecule has 3 atom stereocenters. The molecule has 0 spiro atoms. The molecule has 6 heteroatoms. The van der Waals surface area contributed by atoms with E-state index < -0.39 is 18.3 Å². The SMILES string of the molecule is C=CCOC(=O)N1C(=O)[C@H](Cc2ccccc2)N([C@H](C)c2ccccc2)[C@H]1c1c(C)cccc1I. The molecule has 0 radical (unpaired) electrons. The summed E-state index contributed by atoms with van der Waals surface area (Å²) in [5.74, 6) is -0.255. The van der Waals surface area contributed by atoms with E-state index in [1.165, 1.54) is 11.0 Å². The summed E-state index contributed by atoms with van der Waals surface area (Å²) in [6.07, 6.45) is 0.745. The van der Waals surface area contributed by atoms with Gasteiger partial charge < -0.3 is 4.74 Å². The molecule has 35 heavy (non-hydrogen) atoms. The molecule has 180 valence electrons. The van der Waals surface area contributed by atoms with E-state index in [0.717, 1.165) is 25.8 Å². The number of ether oxygens (including phenoxy) is 1. The first kappa shape index (κ1) is 25.1. The molecule has 4 rings (SSSR count). The van der Waals surface area contributed by atoms with Crippen molar-refractivity contribution in [3.8, 4) is 0 Å². The number of carbonyl (C=O) groups excluding carboxylic acids is 2. The molecule has 1 aliphatic heterocycles. The Morgan fingerprint density at radius 3 is 2.34 bits per heavy atom. The predicted molar refractivity (Wildman–Crippen MR) is 146 cm³/mol. The fourth-order valence-corrected chi connectivity index (χ4v) is 5.68. The molecule has 1 saturated heterocycles. The Bertz CT molecular complexity index is 1180. The highest BCUT2D eigenvalue weighted by Gasteiger charge is 2.52. The van der Waals surface area contributed by atoms with Crippen LogP contribution >= 0.6 is 22.6 Å². The average Bonchev–Trinajstić information content (AvgIpc) is 3.14. The molecule has 0 aromatic heterocycles. The fraction of sp³-hybridized carbons (Fsp3) is 0.241. The van der Waals surface area contributed by atoms with Crippen molar-refractivity contribution in [2.24, 2.45) is 0 Å². The summed E-state index contributed by atoms with van der Waals surface area (Å²) >= 11 is 2.29. The zero-order chi connectivity index (χ0) is 24.9. The van der Waals surface area contributed by atoms with E-state index in [-0.39, 0.29) is 18.6 Å². The lowest BCUT2D eigenvalue weighted by atomic mass is 9.98. The Labute approximate surface area is 220 Å². The third-order valence-corrected chi connectivity index (χ3v) is 7.40. The van der Waals surface area contributed by atoms with E-state index in [4.69, 9.17) is 4.74 Å². The minimum absolute atomic E-state index is 0.0395. The molecule has 0 saturated carbocycles. The van der Waals surface area contributed by atoms with Gasteiger partial charge in [-0.05, 0) is 65.6 Å².